The molecule has 1 heteroatoms. The lowest BCUT2D eigenvalue weighted by molar-refractivity contribution is 0.170. The molecule has 120 valence electrons. The molecule has 1 aliphatic heterocycles. The van der Waals surface area contributed by atoms with E-state index in [1.165, 1.54) is 16.7 Å². The minimum Gasteiger partial charge on any atom is -0.489 e. The zero-order valence-corrected chi connectivity index (χ0v) is 14.7. The summed E-state index contributed by atoms with van der Waals surface area (Å²) in [7, 11) is 0. The molecule has 0 saturated carbocycles. The Morgan fingerprint density at radius 3 is 2.23 bits per heavy atom. The van der Waals surface area contributed by atoms with Crippen LogP contribution >= 0.6 is 0 Å². The third-order valence-corrected chi connectivity index (χ3v) is 3.66. The van der Waals surface area contributed by atoms with Crippen LogP contribution in [-0.4, -0.2) is 6.10 Å². The molecule has 1 heterocycles. The van der Waals surface area contributed by atoms with Crippen molar-refractivity contribution in [1.82, 2.24) is 0 Å². The zero-order chi connectivity index (χ0) is 16.4. The standard InChI is InChI=1S/C17H18O.2C2H6/c1-2-15-12-11-14-9-6-10-16(17(14)18-15)13-7-4-3-5-8-13;2*1-2/h3-10,15H,2,11-12H2,1H3;2*1-2H3/t15-;;/m0../s1. The Morgan fingerprint density at radius 2 is 1.59 bits per heavy atom. The first-order chi connectivity index (χ1) is 10.9. The molecule has 1 nitrogen and oxygen atoms in total. The molecule has 2 aromatic carbocycles. The van der Waals surface area contributed by atoms with Crippen molar-refractivity contribution in [3.8, 4) is 16.9 Å². The van der Waals surface area contributed by atoms with Crippen LogP contribution < -0.4 is 4.74 Å². The van der Waals surface area contributed by atoms with Gasteiger partial charge in [0.2, 0.25) is 0 Å². The van der Waals surface area contributed by atoms with Gasteiger partial charge in [0, 0.05) is 5.56 Å². The summed E-state index contributed by atoms with van der Waals surface area (Å²) in [6.07, 6.45) is 3.74. The van der Waals surface area contributed by atoms with Gasteiger partial charge in [-0.1, -0.05) is 83.1 Å². The van der Waals surface area contributed by atoms with Crippen LogP contribution in [0.4, 0.5) is 0 Å². The highest BCUT2D eigenvalue weighted by Crippen LogP contribution is 2.37. The Labute approximate surface area is 136 Å². The maximum Gasteiger partial charge on any atom is 0.130 e. The number of aryl methyl sites for hydroxylation is 1. The van der Waals surface area contributed by atoms with Gasteiger partial charge in [-0.2, -0.15) is 0 Å². The SMILES string of the molecule is CC.CC.CC[C@H]1CCc2cccc(-c3ccccc3)c2O1. The molecule has 0 N–H and O–H groups in total. The summed E-state index contributed by atoms with van der Waals surface area (Å²) in [5.41, 5.74) is 3.82. The van der Waals surface area contributed by atoms with Gasteiger partial charge in [0.05, 0.1) is 6.10 Å². The second-order valence-corrected chi connectivity index (χ2v) is 4.85. The van der Waals surface area contributed by atoms with E-state index in [4.69, 9.17) is 4.74 Å². The van der Waals surface area contributed by atoms with Crippen LogP contribution in [0.2, 0.25) is 0 Å². The quantitative estimate of drug-likeness (QED) is 0.614. The minimum atomic E-state index is 0.377. The van der Waals surface area contributed by atoms with E-state index in [9.17, 15) is 0 Å². The summed E-state index contributed by atoms with van der Waals surface area (Å²) in [5, 5.41) is 0. The normalized spacial score (nSPS) is 15.2. The first-order valence-electron chi connectivity index (χ1n) is 8.72. The number of hydrogen-bond acceptors (Lipinski definition) is 1. The number of rotatable bonds is 2. The molecule has 0 aromatic heterocycles. The lowest BCUT2D eigenvalue weighted by atomic mass is 9.95. The molecule has 22 heavy (non-hydrogen) atoms. The van der Waals surface area contributed by atoms with Crippen LogP contribution in [0.1, 0.15) is 53.0 Å². The predicted octanol–water partition coefficient (Wildman–Crippen LogP) is 6.51. The summed E-state index contributed by atoms with van der Waals surface area (Å²) >= 11 is 0. The largest absolute Gasteiger partial charge is 0.489 e. The van der Waals surface area contributed by atoms with Gasteiger partial charge < -0.3 is 4.74 Å². The molecule has 0 spiro atoms. The van der Waals surface area contributed by atoms with Gasteiger partial charge in [-0.05, 0) is 30.4 Å². The number of benzene rings is 2. The second kappa shape index (κ2) is 10.0. The molecule has 0 radical (unpaired) electrons. The minimum absolute atomic E-state index is 0.377. The second-order valence-electron chi connectivity index (χ2n) is 4.85. The Balaban J connectivity index is 0.000000561. The molecule has 0 amide bonds. The molecule has 1 atom stereocenters. The average Bonchev–Trinajstić information content (AvgIpc) is 2.65. The predicted molar refractivity (Wildman–Crippen MR) is 97.6 cm³/mol. The smallest absolute Gasteiger partial charge is 0.130 e. The van der Waals surface area contributed by atoms with E-state index < -0.39 is 0 Å². The van der Waals surface area contributed by atoms with Crippen molar-refractivity contribution in [2.24, 2.45) is 0 Å². The third-order valence-electron chi connectivity index (χ3n) is 3.66. The van der Waals surface area contributed by atoms with Crippen LogP contribution in [0.5, 0.6) is 5.75 Å². The summed E-state index contributed by atoms with van der Waals surface area (Å²) < 4.78 is 6.17. The summed E-state index contributed by atoms with van der Waals surface area (Å²) in [6, 6.07) is 17.0. The molecular formula is C21H30O. The van der Waals surface area contributed by atoms with E-state index in [1.807, 2.05) is 27.7 Å². The Kier molecular flexibility index (Phi) is 8.35. The van der Waals surface area contributed by atoms with E-state index in [0.29, 0.717) is 6.10 Å². The maximum atomic E-state index is 6.17. The highest BCUT2D eigenvalue weighted by molar-refractivity contribution is 5.72. The van der Waals surface area contributed by atoms with E-state index in [1.54, 1.807) is 0 Å². The van der Waals surface area contributed by atoms with Gasteiger partial charge in [0.1, 0.15) is 5.75 Å². The van der Waals surface area contributed by atoms with Crippen molar-refractivity contribution in [2.45, 2.75) is 60.0 Å². The maximum absolute atomic E-state index is 6.17. The van der Waals surface area contributed by atoms with Crippen LogP contribution in [-0.2, 0) is 6.42 Å². The van der Waals surface area contributed by atoms with Gasteiger partial charge in [0.15, 0.2) is 0 Å². The van der Waals surface area contributed by atoms with Crippen LogP contribution in [0, 0.1) is 0 Å². The molecule has 0 unspecified atom stereocenters. The molecule has 0 bridgehead atoms. The van der Waals surface area contributed by atoms with Crippen molar-refractivity contribution < 1.29 is 4.74 Å². The number of hydrogen-bond donors (Lipinski definition) is 0. The van der Waals surface area contributed by atoms with Crippen molar-refractivity contribution >= 4 is 0 Å². The lowest BCUT2D eigenvalue weighted by Crippen LogP contribution is -2.22. The molecule has 0 saturated heterocycles. The molecule has 3 rings (SSSR count). The van der Waals surface area contributed by atoms with Crippen molar-refractivity contribution in [3.63, 3.8) is 0 Å². The third kappa shape index (κ3) is 4.37. The molecule has 2 aromatic rings. The topological polar surface area (TPSA) is 9.23 Å². The number of fused-ring (bicyclic) bond motifs is 1. The first kappa shape index (κ1) is 18.3. The van der Waals surface area contributed by atoms with E-state index in [-0.39, 0.29) is 0 Å². The average molecular weight is 298 g/mol. The summed E-state index contributed by atoms with van der Waals surface area (Å²) in [6.45, 7) is 10.2. The van der Waals surface area contributed by atoms with Gasteiger partial charge in [-0.25, -0.2) is 0 Å². The summed E-state index contributed by atoms with van der Waals surface area (Å²) in [5.74, 6) is 1.10. The van der Waals surface area contributed by atoms with Crippen LogP contribution in [0.3, 0.4) is 0 Å². The number of ether oxygens (including phenoxy) is 1. The zero-order valence-electron chi connectivity index (χ0n) is 14.7. The monoisotopic (exact) mass is 298 g/mol. The van der Waals surface area contributed by atoms with Gasteiger partial charge >= 0.3 is 0 Å². The van der Waals surface area contributed by atoms with E-state index in [2.05, 4.69) is 55.5 Å². The highest BCUT2D eigenvalue weighted by atomic mass is 16.5. The molecule has 0 aliphatic carbocycles. The van der Waals surface area contributed by atoms with Gasteiger partial charge in [-0.15, -0.1) is 0 Å². The van der Waals surface area contributed by atoms with Crippen molar-refractivity contribution in [3.05, 3.63) is 54.1 Å². The Bertz CT molecular complexity index is 531. The van der Waals surface area contributed by atoms with E-state index >= 15 is 0 Å². The Hall–Kier alpha value is -1.76. The molecule has 0 fully saturated rings. The van der Waals surface area contributed by atoms with Crippen LogP contribution in [0.15, 0.2) is 48.5 Å². The molecule has 1 aliphatic rings. The van der Waals surface area contributed by atoms with Gasteiger partial charge in [0.25, 0.3) is 0 Å². The lowest BCUT2D eigenvalue weighted by Gasteiger charge is -2.27. The molecular weight excluding hydrogens is 268 g/mol. The fourth-order valence-corrected chi connectivity index (χ4v) is 2.60. The van der Waals surface area contributed by atoms with Gasteiger partial charge in [-0.3, -0.25) is 0 Å². The highest BCUT2D eigenvalue weighted by Gasteiger charge is 2.21. The van der Waals surface area contributed by atoms with Crippen molar-refractivity contribution in [2.75, 3.05) is 0 Å². The number of para-hydroxylation sites is 1. The van der Waals surface area contributed by atoms with Crippen molar-refractivity contribution in [1.29, 1.82) is 0 Å². The van der Waals surface area contributed by atoms with E-state index in [0.717, 1.165) is 25.0 Å². The van der Waals surface area contributed by atoms with Crippen LogP contribution in [0.25, 0.3) is 11.1 Å². The Morgan fingerprint density at radius 1 is 0.909 bits per heavy atom. The fraction of sp³-hybridized carbons (Fsp3) is 0.429. The summed E-state index contributed by atoms with van der Waals surface area (Å²) in [4.78, 5) is 0. The first-order valence-corrected chi connectivity index (χ1v) is 8.72. The fourth-order valence-electron chi connectivity index (χ4n) is 2.60.